The molecule has 0 N–H and O–H groups in total. The smallest absolute Gasteiger partial charge is 0.261 e. The number of rotatable bonds is 7. The van der Waals surface area contributed by atoms with Gasteiger partial charge in [-0.05, 0) is 41.5 Å². The number of fused-ring (bicyclic) bond motifs is 3. The summed E-state index contributed by atoms with van der Waals surface area (Å²) in [6, 6.07) is 13.5. The highest BCUT2D eigenvalue weighted by Gasteiger charge is 2.19. The Morgan fingerprint density at radius 3 is 2.46 bits per heavy atom. The van der Waals surface area contributed by atoms with Gasteiger partial charge in [-0.1, -0.05) is 18.2 Å². The summed E-state index contributed by atoms with van der Waals surface area (Å²) < 4.78 is 32.8. The van der Waals surface area contributed by atoms with Crippen LogP contribution in [-0.2, 0) is 17.9 Å². The van der Waals surface area contributed by atoms with Gasteiger partial charge in [0, 0.05) is 19.5 Å². The van der Waals surface area contributed by atoms with Crippen molar-refractivity contribution in [2.45, 2.75) is 13.2 Å². The van der Waals surface area contributed by atoms with Crippen molar-refractivity contribution in [3.63, 3.8) is 0 Å². The van der Waals surface area contributed by atoms with Crippen LogP contribution in [0.1, 0.15) is 11.3 Å². The number of benzene rings is 2. The number of pyridine rings is 1. The van der Waals surface area contributed by atoms with Gasteiger partial charge in [-0.15, -0.1) is 0 Å². The molecular formula is C26H23FN4O4. The zero-order chi connectivity index (χ0) is 24.5. The van der Waals surface area contributed by atoms with Crippen molar-refractivity contribution in [2.75, 3.05) is 21.3 Å². The molecule has 0 aliphatic rings. The van der Waals surface area contributed by atoms with Gasteiger partial charge in [0.2, 0.25) is 0 Å². The minimum atomic E-state index is -0.327. The van der Waals surface area contributed by atoms with Crippen LogP contribution in [0.3, 0.4) is 0 Å². The highest BCUT2D eigenvalue weighted by Crippen LogP contribution is 2.30. The highest BCUT2D eigenvalue weighted by molar-refractivity contribution is 5.86. The van der Waals surface area contributed by atoms with E-state index < -0.39 is 0 Å². The molecule has 0 spiro atoms. The molecule has 0 amide bonds. The Labute approximate surface area is 200 Å². The SMILES string of the molecule is COCc1nn2c(ncc3c(=O)n(Cc4ccc(OC)c(OC)c4)ccc32)c1-c1ccc(F)cc1. The molecule has 5 aromatic rings. The van der Waals surface area contributed by atoms with Crippen molar-refractivity contribution in [1.82, 2.24) is 19.2 Å². The topological polar surface area (TPSA) is 79.9 Å². The van der Waals surface area contributed by atoms with Crippen molar-refractivity contribution in [3.8, 4) is 22.6 Å². The molecule has 0 unspecified atom stereocenters. The Morgan fingerprint density at radius 1 is 0.971 bits per heavy atom. The van der Waals surface area contributed by atoms with Gasteiger partial charge in [0.25, 0.3) is 5.56 Å². The Bertz CT molecular complexity index is 1590. The van der Waals surface area contributed by atoms with E-state index >= 15 is 0 Å². The zero-order valence-corrected chi connectivity index (χ0v) is 19.5. The van der Waals surface area contributed by atoms with Gasteiger partial charge in [-0.25, -0.2) is 13.9 Å². The van der Waals surface area contributed by atoms with Gasteiger partial charge in [-0.2, -0.15) is 5.10 Å². The summed E-state index contributed by atoms with van der Waals surface area (Å²) in [5.74, 6) is 0.890. The van der Waals surface area contributed by atoms with Gasteiger partial charge >= 0.3 is 0 Å². The third-order valence-corrected chi connectivity index (χ3v) is 5.87. The summed E-state index contributed by atoms with van der Waals surface area (Å²) in [4.78, 5) is 17.9. The number of hydrogen-bond donors (Lipinski definition) is 0. The molecule has 0 atom stereocenters. The van der Waals surface area contributed by atoms with E-state index in [4.69, 9.17) is 14.2 Å². The third kappa shape index (κ3) is 4.00. The van der Waals surface area contributed by atoms with E-state index in [1.54, 1.807) is 54.9 Å². The second-order valence-electron chi connectivity index (χ2n) is 7.99. The lowest BCUT2D eigenvalue weighted by Gasteiger charge is -2.11. The maximum absolute atomic E-state index is 13.5. The second kappa shape index (κ2) is 9.19. The van der Waals surface area contributed by atoms with E-state index in [0.717, 1.165) is 16.7 Å². The molecule has 3 heterocycles. The summed E-state index contributed by atoms with van der Waals surface area (Å²) >= 11 is 0. The van der Waals surface area contributed by atoms with Crippen molar-refractivity contribution >= 4 is 16.6 Å². The van der Waals surface area contributed by atoms with E-state index in [1.165, 1.54) is 12.1 Å². The molecule has 178 valence electrons. The maximum Gasteiger partial charge on any atom is 0.261 e. The van der Waals surface area contributed by atoms with Gasteiger partial charge in [-0.3, -0.25) is 4.79 Å². The van der Waals surface area contributed by atoms with Crippen molar-refractivity contribution in [3.05, 3.63) is 88.4 Å². The van der Waals surface area contributed by atoms with Crippen LogP contribution in [0.5, 0.6) is 11.5 Å². The molecule has 2 aromatic carbocycles. The first-order valence-electron chi connectivity index (χ1n) is 10.9. The number of ether oxygens (including phenoxy) is 3. The van der Waals surface area contributed by atoms with Gasteiger partial charge in [0.05, 0.1) is 49.5 Å². The molecule has 0 aliphatic carbocycles. The average Bonchev–Trinajstić information content (AvgIpc) is 3.24. The lowest BCUT2D eigenvalue weighted by Crippen LogP contribution is -2.21. The molecule has 0 saturated carbocycles. The summed E-state index contributed by atoms with van der Waals surface area (Å²) in [6.07, 6.45) is 3.29. The number of hydrogen-bond acceptors (Lipinski definition) is 6. The number of halogens is 1. The van der Waals surface area contributed by atoms with Crippen molar-refractivity contribution < 1.29 is 18.6 Å². The first-order chi connectivity index (χ1) is 17.0. The Morgan fingerprint density at radius 2 is 1.74 bits per heavy atom. The third-order valence-electron chi connectivity index (χ3n) is 5.87. The van der Waals surface area contributed by atoms with E-state index in [-0.39, 0.29) is 18.0 Å². The fourth-order valence-corrected chi connectivity index (χ4v) is 4.20. The Balaban J connectivity index is 1.62. The Hall–Kier alpha value is -4.24. The van der Waals surface area contributed by atoms with Crippen LogP contribution in [0.15, 0.2) is 65.7 Å². The molecule has 0 aliphatic heterocycles. The highest BCUT2D eigenvalue weighted by atomic mass is 19.1. The first kappa shape index (κ1) is 22.5. The van der Waals surface area contributed by atoms with Gasteiger partial charge in [0.1, 0.15) is 5.82 Å². The van der Waals surface area contributed by atoms with E-state index in [0.29, 0.717) is 40.3 Å². The minimum absolute atomic E-state index is 0.196. The number of aromatic nitrogens is 4. The largest absolute Gasteiger partial charge is 0.493 e. The molecule has 5 rings (SSSR count). The molecule has 8 nitrogen and oxygen atoms in total. The summed E-state index contributed by atoms with van der Waals surface area (Å²) in [5, 5.41) is 5.11. The predicted molar refractivity (Wildman–Crippen MR) is 130 cm³/mol. The van der Waals surface area contributed by atoms with Crippen LogP contribution in [0.4, 0.5) is 4.39 Å². The van der Waals surface area contributed by atoms with Crippen LogP contribution < -0.4 is 15.0 Å². The van der Waals surface area contributed by atoms with Crippen LogP contribution in [0.2, 0.25) is 0 Å². The van der Waals surface area contributed by atoms with Crippen molar-refractivity contribution in [2.24, 2.45) is 0 Å². The average molecular weight is 474 g/mol. The molecule has 3 aromatic heterocycles. The molecule has 35 heavy (non-hydrogen) atoms. The van der Waals surface area contributed by atoms with Crippen LogP contribution in [0, 0.1) is 5.82 Å². The Kier molecular flexibility index (Phi) is 5.92. The molecule has 0 radical (unpaired) electrons. The molecule has 0 bridgehead atoms. The summed E-state index contributed by atoms with van der Waals surface area (Å²) in [6.45, 7) is 0.593. The monoisotopic (exact) mass is 474 g/mol. The second-order valence-corrected chi connectivity index (χ2v) is 7.99. The molecular weight excluding hydrogens is 451 g/mol. The van der Waals surface area contributed by atoms with Crippen LogP contribution >= 0.6 is 0 Å². The normalized spacial score (nSPS) is 11.3. The lowest BCUT2D eigenvalue weighted by molar-refractivity contribution is 0.181. The number of methoxy groups -OCH3 is 3. The fourth-order valence-electron chi connectivity index (χ4n) is 4.20. The molecule has 0 fully saturated rings. The van der Waals surface area contributed by atoms with Gasteiger partial charge < -0.3 is 18.8 Å². The fraction of sp³-hybridized carbons (Fsp3) is 0.192. The zero-order valence-electron chi connectivity index (χ0n) is 19.5. The van der Waals surface area contributed by atoms with Crippen molar-refractivity contribution in [1.29, 1.82) is 0 Å². The van der Waals surface area contributed by atoms with Crippen LogP contribution in [0.25, 0.3) is 27.7 Å². The summed E-state index contributed by atoms with van der Waals surface area (Å²) in [7, 11) is 4.73. The molecule has 0 saturated heterocycles. The summed E-state index contributed by atoms with van der Waals surface area (Å²) in [5.41, 5.74) is 4.03. The predicted octanol–water partition coefficient (Wildman–Crippen LogP) is 4.06. The van der Waals surface area contributed by atoms with Gasteiger partial charge in [0.15, 0.2) is 17.1 Å². The first-order valence-corrected chi connectivity index (χ1v) is 10.9. The maximum atomic E-state index is 13.5. The van der Waals surface area contributed by atoms with E-state index in [2.05, 4.69) is 10.1 Å². The van der Waals surface area contributed by atoms with E-state index in [9.17, 15) is 9.18 Å². The van der Waals surface area contributed by atoms with Crippen LogP contribution in [-0.4, -0.2) is 40.5 Å². The van der Waals surface area contributed by atoms with E-state index in [1.807, 2.05) is 24.3 Å². The number of nitrogens with zero attached hydrogens (tertiary/aromatic N) is 4. The lowest BCUT2D eigenvalue weighted by atomic mass is 10.1. The molecule has 9 heteroatoms. The standard InChI is InChI=1S/C26H23FN4O4/c1-33-15-20-24(17-5-7-18(27)8-6-17)25-28-13-19-21(31(25)29-20)10-11-30(26(19)32)14-16-4-9-22(34-2)23(12-16)35-3/h4-13H,14-15H2,1-3H3. The minimum Gasteiger partial charge on any atom is -0.493 e. The quantitative estimate of drug-likeness (QED) is 0.354.